The van der Waals surface area contributed by atoms with Gasteiger partial charge in [0.1, 0.15) is 19.5 Å². The number of hydrogen-bond acceptors (Lipinski definition) is 8. The quantitative estimate of drug-likeness (QED) is 0.414. The van der Waals surface area contributed by atoms with Crippen molar-refractivity contribution in [1.82, 2.24) is 0 Å². The molecule has 0 spiro atoms. The zero-order valence-electron chi connectivity index (χ0n) is 21.9. The second-order valence-corrected chi connectivity index (χ2v) is 21.8. The van der Waals surface area contributed by atoms with Crippen LogP contribution in [-0.4, -0.2) is 72.5 Å². The third-order valence-electron chi connectivity index (χ3n) is 8.23. The van der Waals surface area contributed by atoms with Crippen molar-refractivity contribution in [2.45, 2.75) is 101 Å². The molecule has 3 rings (SSSR count). The Morgan fingerprint density at radius 3 is 2.06 bits per heavy atom. The summed E-state index contributed by atoms with van der Waals surface area (Å²) in [5.74, 6) is -1.33. The van der Waals surface area contributed by atoms with E-state index in [9.17, 15) is 9.59 Å². The summed E-state index contributed by atoms with van der Waals surface area (Å²) in [6, 6.07) is 0. The number of carbonyl (C=O) groups is 2. The lowest BCUT2D eigenvalue weighted by molar-refractivity contribution is -0.159. The first-order chi connectivity index (χ1) is 14.9. The molecule has 33 heavy (non-hydrogen) atoms. The zero-order valence-corrected chi connectivity index (χ0v) is 23.9. The molecule has 2 heterocycles. The van der Waals surface area contributed by atoms with Crippen molar-refractivity contribution in [3.8, 4) is 0 Å². The van der Waals surface area contributed by atoms with Crippen LogP contribution >= 0.6 is 0 Å². The lowest BCUT2D eigenvalue weighted by Crippen LogP contribution is -2.71. The number of methoxy groups -OCH3 is 1. The molecule has 0 bridgehead atoms. The van der Waals surface area contributed by atoms with Crippen molar-refractivity contribution in [2.24, 2.45) is 0 Å². The fraction of sp³-hybridized carbons (Fsp3) is 0.826. The molecule has 0 aromatic rings. The summed E-state index contributed by atoms with van der Waals surface area (Å²) < 4.78 is 36.4. The highest BCUT2D eigenvalue weighted by Crippen LogP contribution is 2.56. The summed E-state index contributed by atoms with van der Waals surface area (Å²) in [6.07, 6.45) is 0.317. The first-order valence-corrected chi connectivity index (χ1v) is 17.3. The van der Waals surface area contributed by atoms with Crippen LogP contribution in [0.25, 0.3) is 0 Å². The van der Waals surface area contributed by atoms with E-state index in [4.69, 9.17) is 27.8 Å². The second kappa shape index (κ2) is 7.99. The fourth-order valence-corrected chi connectivity index (χ4v) is 6.64. The van der Waals surface area contributed by atoms with Crippen LogP contribution in [0.15, 0.2) is 11.6 Å². The maximum Gasteiger partial charge on any atom is 0.346 e. The summed E-state index contributed by atoms with van der Waals surface area (Å²) >= 11 is 0. The van der Waals surface area contributed by atoms with Gasteiger partial charge < -0.3 is 27.8 Å². The smallest absolute Gasteiger partial charge is 0.346 e. The molecular formula is C23H40O8Si2. The normalized spacial score (nSPS) is 32.7. The number of rotatable bonds is 5. The van der Waals surface area contributed by atoms with Gasteiger partial charge in [-0.2, -0.15) is 0 Å². The average Bonchev–Trinajstić information content (AvgIpc) is 3.18. The average molecular weight is 501 g/mol. The molecule has 2 fully saturated rings. The molecule has 10 heteroatoms. The summed E-state index contributed by atoms with van der Waals surface area (Å²) in [4.78, 5) is 26.1. The van der Waals surface area contributed by atoms with Crippen LogP contribution in [0, 0.1) is 0 Å². The van der Waals surface area contributed by atoms with Crippen molar-refractivity contribution >= 4 is 28.6 Å². The number of ether oxygens (including phenoxy) is 4. The molecule has 0 aromatic heterocycles. The van der Waals surface area contributed by atoms with Gasteiger partial charge in [-0.15, -0.1) is 0 Å². The van der Waals surface area contributed by atoms with E-state index in [0.29, 0.717) is 0 Å². The van der Waals surface area contributed by atoms with E-state index in [1.807, 2.05) is 0 Å². The Kier molecular flexibility index (Phi) is 6.43. The Morgan fingerprint density at radius 2 is 1.55 bits per heavy atom. The van der Waals surface area contributed by atoms with Crippen molar-refractivity contribution in [3.05, 3.63) is 11.6 Å². The number of esters is 2. The summed E-state index contributed by atoms with van der Waals surface area (Å²) in [5, 5.41) is -0.196. The SMILES string of the molecule is COC(=O)C1=C[C@@H](O[Si](C)(C)C(C)(C)C)[C@@H](O[Si](C)(C)C(C)(C)C)[C@@]23COC(=O)[C@@]12OCO3. The van der Waals surface area contributed by atoms with Crippen LogP contribution in [0.4, 0.5) is 0 Å². The van der Waals surface area contributed by atoms with Gasteiger partial charge in [-0.3, -0.25) is 0 Å². The molecular weight excluding hydrogens is 460 g/mol. The lowest BCUT2D eigenvalue weighted by atomic mass is 9.70. The third-order valence-corrected chi connectivity index (χ3v) is 17.2. The van der Waals surface area contributed by atoms with Crippen LogP contribution in [-0.2, 0) is 37.4 Å². The van der Waals surface area contributed by atoms with Crippen LogP contribution in [0.5, 0.6) is 0 Å². The van der Waals surface area contributed by atoms with E-state index < -0.39 is 52.0 Å². The van der Waals surface area contributed by atoms with Gasteiger partial charge in [-0.1, -0.05) is 41.5 Å². The predicted molar refractivity (Wildman–Crippen MR) is 128 cm³/mol. The monoisotopic (exact) mass is 500 g/mol. The van der Waals surface area contributed by atoms with E-state index >= 15 is 0 Å². The Hall–Kier alpha value is -1.05. The molecule has 3 aliphatic rings. The molecule has 0 amide bonds. The fourth-order valence-electron chi connectivity index (χ4n) is 4.10. The van der Waals surface area contributed by atoms with Gasteiger partial charge in [0.2, 0.25) is 5.60 Å². The third kappa shape index (κ3) is 3.86. The van der Waals surface area contributed by atoms with Crippen molar-refractivity contribution < 1.29 is 37.4 Å². The topological polar surface area (TPSA) is 89.5 Å². The van der Waals surface area contributed by atoms with E-state index in [1.165, 1.54) is 7.11 Å². The largest absolute Gasteiger partial charge is 0.466 e. The standard InChI is InChI=1S/C23H40O8Si2/c1-20(2,3)32(8,9)30-16-12-15(18(24)26-7)23-19(25)27-13-22(23,28-14-29-23)17(16)31-33(10,11)21(4,5)6/h12,16-17H,13-14H2,1-11H3/t16-,17-,22+,23+/m1/s1. The van der Waals surface area contributed by atoms with Gasteiger partial charge in [-0.25, -0.2) is 9.59 Å². The molecule has 8 nitrogen and oxygen atoms in total. The molecule has 0 aromatic carbocycles. The second-order valence-electron chi connectivity index (χ2n) is 12.3. The summed E-state index contributed by atoms with van der Waals surface area (Å²) in [6.45, 7) is 21.2. The number of cyclic esters (lactones) is 1. The maximum atomic E-state index is 13.1. The van der Waals surface area contributed by atoms with E-state index in [-0.39, 0.29) is 29.0 Å². The highest BCUT2D eigenvalue weighted by atomic mass is 28.4. The summed E-state index contributed by atoms with van der Waals surface area (Å²) in [7, 11) is -3.42. The van der Waals surface area contributed by atoms with Crippen LogP contribution in [0.3, 0.4) is 0 Å². The highest BCUT2D eigenvalue weighted by Gasteiger charge is 2.78. The van der Waals surface area contributed by atoms with E-state index in [2.05, 4.69) is 67.7 Å². The number of carbonyl (C=O) groups excluding carboxylic acids is 2. The van der Waals surface area contributed by atoms with E-state index in [1.54, 1.807) is 6.08 Å². The van der Waals surface area contributed by atoms with Gasteiger partial charge in [-0.05, 0) is 42.3 Å². The van der Waals surface area contributed by atoms with E-state index in [0.717, 1.165) is 0 Å². The minimum Gasteiger partial charge on any atom is -0.466 e. The van der Waals surface area contributed by atoms with Crippen molar-refractivity contribution in [1.29, 1.82) is 0 Å². The van der Waals surface area contributed by atoms with Gasteiger partial charge in [0.25, 0.3) is 0 Å². The Morgan fingerprint density at radius 1 is 1.00 bits per heavy atom. The molecule has 0 radical (unpaired) electrons. The Balaban J connectivity index is 2.23. The van der Waals surface area contributed by atoms with Crippen LogP contribution in [0.2, 0.25) is 36.3 Å². The minimum absolute atomic E-state index is 0.0591. The van der Waals surface area contributed by atoms with Crippen LogP contribution < -0.4 is 0 Å². The van der Waals surface area contributed by atoms with Crippen molar-refractivity contribution in [2.75, 3.05) is 20.5 Å². The molecule has 0 unspecified atom stereocenters. The molecule has 2 aliphatic heterocycles. The molecule has 4 atom stereocenters. The zero-order chi connectivity index (χ0) is 25.3. The molecule has 1 aliphatic carbocycles. The highest BCUT2D eigenvalue weighted by molar-refractivity contribution is 6.74. The minimum atomic E-state index is -2.38. The molecule has 188 valence electrons. The molecule has 0 saturated carbocycles. The molecule has 0 N–H and O–H groups in total. The van der Waals surface area contributed by atoms with Crippen LogP contribution in [0.1, 0.15) is 41.5 Å². The van der Waals surface area contributed by atoms with Gasteiger partial charge in [0.15, 0.2) is 22.2 Å². The number of hydrogen-bond donors (Lipinski definition) is 0. The maximum absolute atomic E-state index is 13.1. The first-order valence-electron chi connectivity index (χ1n) is 11.5. The predicted octanol–water partition coefficient (Wildman–Crippen LogP) is 3.92. The first kappa shape index (κ1) is 26.6. The Labute approximate surface area is 199 Å². The summed E-state index contributed by atoms with van der Waals surface area (Å²) in [5.41, 5.74) is -3.02. The Bertz CT molecular complexity index is 854. The van der Waals surface area contributed by atoms with Gasteiger partial charge >= 0.3 is 11.9 Å². The van der Waals surface area contributed by atoms with Gasteiger partial charge in [0, 0.05) is 0 Å². The molecule has 2 saturated heterocycles. The lowest BCUT2D eigenvalue weighted by Gasteiger charge is -2.52. The van der Waals surface area contributed by atoms with Gasteiger partial charge in [0.05, 0.1) is 18.8 Å². The van der Waals surface area contributed by atoms with Crippen molar-refractivity contribution in [3.63, 3.8) is 0 Å².